The normalized spacial score (nSPS) is 16.2. The first kappa shape index (κ1) is 19.1. The van der Waals surface area contributed by atoms with E-state index < -0.39 is 52.3 Å². The number of alkyl halides is 3. The molecule has 1 aromatic carbocycles. The van der Waals surface area contributed by atoms with E-state index in [1.165, 1.54) is 6.07 Å². The van der Waals surface area contributed by atoms with Gasteiger partial charge in [0.05, 0.1) is 5.56 Å². The fourth-order valence-corrected chi connectivity index (χ4v) is 2.42. The Bertz CT molecular complexity index is 697. The second-order valence-electron chi connectivity index (χ2n) is 7.05. The van der Waals surface area contributed by atoms with Gasteiger partial charge in [0, 0.05) is 11.5 Å². The maximum atomic E-state index is 13.2. The molecule has 4 nitrogen and oxygen atoms in total. The van der Waals surface area contributed by atoms with E-state index in [4.69, 9.17) is 4.74 Å². The van der Waals surface area contributed by atoms with Crippen LogP contribution in [0.3, 0.4) is 0 Å². The number of Topliss-reactive ketones (excluding diaryl/α,β-unsaturated/α-hetero) is 2. The van der Waals surface area contributed by atoms with Crippen molar-refractivity contribution in [3.8, 4) is 0 Å². The summed E-state index contributed by atoms with van der Waals surface area (Å²) in [5, 5.41) is 0. The number of halogens is 3. The first-order valence-electron chi connectivity index (χ1n) is 7.89. The molecule has 0 saturated heterocycles. The Morgan fingerprint density at radius 1 is 1.08 bits per heavy atom. The van der Waals surface area contributed by atoms with Gasteiger partial charge in [-0.2, -0.15) is 13.2 Å². The van der Waals surface area contributed by atoms with Crippen molar-refractivity contribution >= 4 is 17.5 Å². The summed E-state index contributed by atoms with van der Waals surface area (Å²) in [7, 11) is 0. The number of rotatable bonds is 5. The SMILES string of the molecule is CC(C)(C)OC(=O)C(C(=O)c1ccccc1C(F)(F)F)C(=O)C1CC1. The highest BCUT2D eigenvalue weighted by Gasteiger charge is 2.46. The van der Waals surface area contributed by atoms with E-state index in [9.17, 15) is 27.6 Å². The molecule has 1 unspecified atom stereocenters. The Morgan fingerprint density at radius 3 is 2.12 bits per heavy atom. The highest BCUT2D eigenvalue weighted by Crippen LogP contribution is 2.37. The zero-order valence-corrected chi connectivity index (χ0v) is 14.1. The number of hydrogen-bond acceptors (Lipinski definition) is 4. The first-order valence-corrected chi connectivity index (χ1v) is 7.89. The molecule has 0 aliphatic heterocycles. The van der Waals surface area contributed by atoms with Crippen LogP contribution in [-0.2, 0) is 20.5 Å². The highest BCUT2D eigenvalue weighted by atomic mass is 19.4. The number of hydrogen-bond donors (Lipinski definition) is 0. The predicted molar refractivity (Wildman–Crippen MR) is 82.8 cm³/mol. The third-order valence-corrected chi connectivity index (χ3v) is 3.67. The van der Waals surface area contributed by atoms with Crippen LogP contribution in [0.1, 0.15) is 49.5 Å². The van der Waals surface area contributed by atoms with Crippen molar-refractivity contribution in [2.45, 2.75) is 45.4 Å². The molecule has 0 amide bonds. The lowest BCUT2D eigenvalue weighted by molar-refractivity contribution is -0.160. The number of carbonyl (C=O) groups is 3. The maximum absolute atomic E-state index is 13.2. The van der Waals surface area contributed by atoms with Gasteiger partial charge in [0.25, 0.3) is 0 Å². The van der Waals surface area contributed by atoms with Gasteiger partial charge in [0.2, 0.25) is 0 Å². The van der Waals surface area contributed by atoms with E-state index in [0.717, 1.165) is 18.2 Å². The van der Waals surface area contributed by atoms with Gasteiger partial charge in [-0.3, -0.25) is 14.4 Å². The van der Waals surface area contributed by atoms with Crippen LogP contribution in [0.4, 0.5) is 13.2 Å². The molecule has 1 aromatic rings. The Morgan fingerprint density at radius 2 is 1.64 bits per heavy atom. The smallest absolute Gasteiger partial charge is 0.417 e. The minimum Gasteiger partial charge on any atom is -0.459 e. The van der Waals surface area contributed by atoms with Crippen LogP contribution in [0.2, 0.25) is 0 Å². The van der Waals surface area contributed by atoms with Crippen molar-refractivity contribution in [3.05, 3.63) is 35.4 Å². The zero-order chi connectivity index (χ0) is 19.0. The molecule has 0 heterocycles. The molecule has 1 aliphatic rings. The van der Waals surface area contributed by atoms with E-state index >= 15 is 0 Å². The predicted octanol–water partition coefficient (Wildman–Crippen LogP) is 3.83. The van der Waals surface area contributed by atoms with Crippen molar-refractivity contribution in [2.75, 3.05) is 0 Å². The Kier molecular flexibility index (Phi) is 5.06. The van der Waals surface area contributed by atoms with Gasteiger partial charge in [-0.25, -0.2) is 0 Å². The monoisotopic (exact) mass is 356 g/mol. The average Bonchev–Trinajstić information content (AvgIpc) is 3.29. The molecular weight excluding hydrogens is 337 g/mol. The molecule has 136 valence electrons. The minimum atomic E-state index is -4.77. The standard InChI is InChI=1S/C18H19F3O4/c1-17(2,3)25-16(24)13(14(22)10-8-9-10)15(23)11-6-4-5-7-12(11)18(19,20)21/h4-7,10,13H,8-9H2,1-3H3. The topological polar surface area (TPSA) is 60.4 Å². The van der Waals surface area contributed by atoms with Crippen LogP contribution < -0.4 is 0 Å². The Balaban J connectivity index is 2.43. The van der Waals surface area contributed by atoms with Crippen LogP contribution >= 0.6 is 0 Å². The molecule has 0 N–H and O–H groups in total. The fraction of sp³-hybridized carbons (Fsp3) is 0.500. The molecular formula is C18H19F3O4. The Hall–Kier alpha value is -2.18. The second-order valence-corrected chi connectivity index (χ2v) is 7.05. The van der Waals surface area contributed by atoms with Gasteiger partial charge in [0.15, 0.2) is 17.5 Å². The summed E-state index contributed by atoms with van der Waals surface area (Å²) in [6, 6.07) is 4.13. The largest absolute Gasteiger partial charge is 0.459 e. The van der Waals surface area contributed by atoms with Crippen molar-refractivity contribution in [1.82, 2.24) is 0 Å². The summed E-state index contributed by atoms with van der Waals surface area (Å²) >= 11 is 0. The Labute approximate surface area is 143 Å². The molecule has 0 aromatic heterocycles. The van der Waals surface area contributed by atoms with E-state index in [-0.39, 0.29) is 0 Å². The van der Waals surface area contributed by atoms with Gasteiger partial charge < -0.3 is 4.74 Å². The molecule has 2 rings (SSSR count). The lowest BCUT2D eigenvalue weighted by Crippen LogP contribution is -2.39. The highest BCUT2D eigenvalue weighted by molar-refractivity contribution is 6.23. The molecule has 1 aliphatic carbocycles. The summed E-state index contributed by atoms with van der Waals surface area (Å²) in [6.45, 7) is 4.66. The summed E-state index contributed by atoms with van der Waals surface area (Å²) in [5.41, 5.74) is -2.83. The molecule has 25 heavy (non-hydrogen) atoms. The molecule has 1 saturated carbocycles. The van der Waals surface area contributed by atoms with E-state index in [2.05, 4.69) is 0 Å². The van der Waals surface area contributed by atoms with Crippen LogP contribution in [0.15, 0.2) is 24.3 Å². The summed E-state index contributed by atoms with van der Waals surface area (Å²) in [4.78, 5) is 37.5. The first-order chi connectivity index (χ1) is 11.4. The quantitative estimate of drug-likeness (QED) is 0.457. The zero-order valence-electron chi connectivity index (χ0n) is 14.1. The molecule has 1 atom stereocenters. The number of benzene rings is 1. The van der Waals surface area contributed by atoms with Gasteiger partial charge in [-0.15, -0.1) is 0 Å². The van der Waals surface area contributed by atoms with E-state index in [0.29, 0.717) is 12.8 Å². The maximum Gasteiger partial charge on any atom is 0.417 e. The molecule has 1 fully saturated rings. The van der Waals surface area contributed by atoms with Gasteiger partial charge in [0.1, 0.15) is 5.60 Å². The van der Waals surface area contributed by atoms with Gasteiger partial charge in [-0.1, -0.05) is 18.2 Å². The second kappa shape index (κ2) is 6.61. The summed E-state index contributed by atoms with van der Waals surface area (Å²) in [5.74, 6) is -5.28. The van der Waals surface area contributed by atoms with E-state index in [1.807, 2.05) is 0 Å². The number of ketones is 2. The summed E-state index contributed by atoms with van der Waals surface area (Å²) < 4.78 is 44.6. The number of carbonyl (C=O) groups excluding carboxylic acids is 3. The van der Waals surface area contributed by atoms with Crippen LogP contribution in [0.25, 0.3) is 0 Å². The van der Waals surface area contributed by atoms with Gasteiger partial charge in [-0.05, 0) is 39.7 Å². The van der Waals surface area contributed by atoms with Crippen LogP contribution in [0.5, 0.6) is 0 Å². The lowest BCUT2D eigenvalue weighted by atomic mass is 9.88. The average molecular weight is 356 g/mol. The van der Waals surface area contributed by atoms with Crippen LogP contribution in [0, 0.1) is 11.8 Å². The van der Waals surface area contributed by atoms with Crippen molar-refractivity contribution in [1.29, 1.82) is 0 Å². The van der Waals surface area contributed by atoms with Gasteiger partial charge >= 0.3 is 12.1 Å². The molecule has 0 bridgehead atoms. The fourth-order valence-electron chi connectivity index (χ4n) is 2.42. The molecule has 0 spiro atoms. The van der Waals surface area contributed by atoms with Crippen molar-refractivity contribution in [3.63, 3.8) is 0 Å². The third kappa shape index (κ3) is 4.67. The molecule has 7 heteroatoms. The van der Waals surface area contributed by atoms with Crippen molar-refractivity contribution in [2.24, 2.45) is 11.8 Å². The van der Waals surface area contributed by atoms with Crippen LogP contribution in [-0.4, -0.2) is 23.1 Å². The molecule has 0 radical (unpaired) electrons. The lowest BCUT2D eigenvalue weighted by Gasteiger charge is -2.23. The summed E-state index contributed by atoms with van der Waals surface area (Å²) in [6.07, 6.45) is -3.73. The van der Waals surface area contributed by atoms with E-state index in [1.54, 1.807) is 20.8 Å². The number of ether oxygens (including phenoxy) is 1. The minimum absolute atomic E-state index is 0.473. The third-order valence-electron chi connectivity index (χ3n) is 3.67. The number of esters is 1. The van der Waals surface area contributed by atoms with Crippen molar-refractivity contribution < 1.29 is 32.3 Å².